The van der Waals surface area contributed by atoms with Crippen LogP contribution in [0, 0.1) is 39.0 Å². The van der Waals surface area contributed by atoms with Crippen molar-refractivity contribution in [2.45, 2.75) is 27.7 Å². The van der Waals surface area contributed by atoms with Crippen LogP contribution >= 0.6 is 0 Å². The normalized spacial score (nSPS) is 12.0. The third-order valence-electron chi connectivity index (χ3n) is 6.26. The van der Waals surface area contributed by atoms with Crippen molar-refractivity contribution in [2.24, 2.45) is 0 Å². The second-order valence-corrected chi connectivity index (χ2v) is 8.29. The molecule has 162 valence electrons. The van der Waals surface area contributed by atoms with Gasteiger partial charge in [0.05, 0.1) is 27.8 Å². The highest BCUT2D eigenvalue weighted by molar-refractivity contribution is 5.82. The minimum absolute atomic E-state index is 0.261. The Kier molecular flexibility index (Phi) is 4.53. The molecule has 7 nitrogen and oxygen atoms in total. The molecule has 0 atom stereocenters. The van der Waals surface area contributed by atoms with Crippen molar-refractivity contribution < 1.29 is 0 Å². The SMILES string of the molecule is Cc1ccc(-n2[nH]c(C)c(C=c3c(C)c(C#N)c4nc5ccccc5n4c3=O)c2=O)cc1C. The lowest BCUT2D eigenvalue weighted by atomic mass is 10.1. The van der Waals surface area contributed by atoms with Gasteiger partial charge in [-0.05, 0) is 74.7 Å². The number of fused-ring (bicyclic) bond motifs is 3. The van der Waals surface area contributed by atoms with Gasteiger partial charge in [0, 0.05) is 10.9 Å². The van der Waals surface area contributed by atoms with E-state index in [4.69, 9.17) is 0 Å². The Bertz CT molecular complexity index is 1810. The fraction of sp³-hybridized carbons (Fsp3) is 0.154. The molecular formula is C26H21N5O2. The zero-order valence-corrected chi connectivity index (χ0v) is 18.7. The number of aromatic amines is 1. The Hall–Kier alpha value is -4.44. The number of imidazole rings is 1. The molecule has 5 aromatic rings. The van der Waals surface area contributed by atoms with Crippen LogP contribution < -0.4 is 16.3 Å². The van der Waals surface area contributed by atoms with Gasteiger partial charge in [0.2, 0.25) is 0 Å². The Balaban J connectivity index is 1.84. The maximum Gasteiger partial charge on any atom is 0.278 e. The van der Waals surface area contributed by atoms with E-state index >= 15 is 0 Å². The number of hydrogen-bond donors (Lipinski definition) is 1. The Labute approximate surface area is 188 Å². The second-order valence-electron chi connectivity index (χ2n) is 8.29. The number of benzene rings is 2. The quantitative estimate of drug-likeness (QED) is 0.461. The second kappa shape index (κ2) is 7.31. The van der Waals surface area contributed by atoms with Crippen molar-refractivity contribution in [1.82, 2.24) is 19.2 Å². The molecule has 0 radical (unpaired) electrons. The molecule has 0 aliphatic rings. The molecule has 0 amide bonds. The molecule has 0 aliphatic heterocycles. The number of nitriles is 1. The summed E-state index contributed by atoms with van der Waals surface area (Å²) in [7, 11) is 0. The van der Waals surface area contributed by atoms with Crippen LogP contribution in [0.2, 0.25) is 0 Å². The lowest BCUT2D eigenvalue weighted by molar-refractivity contribution is 0.833. The topological polar surface area (TPSA) is 95.9 Å². The fourth-order valence-corrected chi connectivity index (χ4v) is 4.21. The number of aryl methyl sites for hydroxylation is 3. The molecule has 7 heteroatoms. The molecule has 0 aliphatic carbocycles. The number of rotatable bonds is 2. The van der Waals surface area contributed by atoms with Crippen LogP contribution in [0.1, 0.15) is 33.5 Å². The van der Waals surface area contributed by atoms with E-state index in [0.29, 0.717) is 44.3 Å². The molecule has 33 heavy (non-hydrogen) atoms. The molecular weight excluding hydrogens is 414 g/mol. The third kappa shape index (κ3) is 2.99. The van der Waals surface area contributed by atoms with Gasteiger partial charge in [-0.1, -0.05) is 18.2 Å². The van der Waals surface area contributed by atoms with Gasteiger partial charge in [-0.25, -0.2) is 9.67 Å². The molecule has 0 bridgehead atoms. The van der Waals surface area contributed by atoms with Gasteiger partial charge in [0.1, 0.15) is 6.07 Å². The summed E-state index contributed by atoms with van der Waals surface area (Å²) in [5.41, 5.74) is 5.78. The monoisotopic (exact) mass is 435 g/mol. The zero-order valence-electron chi connectivity index (χ0n) is 18.7. The average molecular weight is 435 g/mol. The number of aromatic nitrogens is 4. The zero-order chi connectivity index (χ0) is 23.4. The first-order chi connectivity index (χ1) is 15.8. The lowest BCUT2D eigenvalue weighted by Gasteiger charge is -2.05. The first-order valence-corrected chi connectivity index (χ1v) is 10.6. The highest BCUT2D eigenvalue weighted by atomic mass is 16.1. The maximum absolute atomic E-state index is 13.5. The van der Waals surface area contributed by atoms with Crippen LogP contribution in [0.25, 0.3) is 28.4 Å². The van der Waals surface area contributed by atoms with E-state index in [1.165, 1.54) is 9.08 Å². The summed E-state index contributed by atoms with van der Waals surface area (Å²) in [6.45, 7) is 7.52. The Morgan fingerprint density at radius 2 is 1.76 bits per heavy atom. The summed E-state index contributed by atoms with van der Waals surface area (Å²) in [5, 5.41) is 13.3. The first-order valence-electron chi connectivity index (χ1n) is 10.6. The van der Waals surface area contributed by atoms with Gasteiger partial charge in [0.15, 0.2) is 5.65 Å². The molecule has 1 N–H and O–H groups in total. The maximum atomic E-state index is 13.5. The largest absolute Gasteiger partial charge is 0.295 e. The number of pyridine rings is 1. The highest BCUT2D eigenvalue weighted by Gasteiger charge is 2.18. The van der Waals surface area contributed by atoms with Gasteiger partial charge in [-0.15, -0.1) is 0 Å². The predicted molar refractivity (Wildman–Crippen MR) is 128 cm³/mol. The predicted octanol–water partition coefficient (Wildman–Crippen LogP) is 2.98. The molecule has 2 aromatic carbocycles. The van der Waals surface area contributed by atoms with Crippen molar-refractivity contribution in [1.29, 1.82) is 5.26 Å². The Morgan fingerprint density at radius 3 is 2.48 bits per heavy atom. The summed E-state index contributed by atoms with van der Waals surface area (Å²) in [6, 6.07) is 15.2. The number of nitrogens with zero attached hydrogens (tertiary/aromatic N) is 4. The van der Waals surface area contributed by atoms with E-state index in [2.05, 4.69) is 16.2 Å². The van der Waals surface area contributed by atoms with Gasteiger partial charge in [0.25, 0.3) is 11.1 Å². The van der Waals surface area contributed by atoms with Gasteiger partial charge < -0.3 is 0 Å². The Morgan fingerprint density at radius 1 is 1.00 bits per heavy atom. The van der Waals surface area contributed by atoms with Crippen molar-refractivity contribution in [3.63, 3.8) is 0 Å². The van der Waals surface area contributed by atoms with Crippen molar-refractivity contribution in [3.8, 4) is 11.8 Å². The van der Waals surface area contributed by atoms with E-state index < -0.39 is 0 Å². The summed E-state index contributed by atoms with van der Waals surface area (Å²) in [6.07, 6.45) is 1.58. The number of para-hydroxylation sites is 2. The summed E-state index contributed by atoms with van der Waals surface area (Å²) in [4.78, 5) is 31.4. The summed E-state index contributed by atoms with van der Waals surface area (Å²) in [5.74, 6) is 0. The van der Waals surface area contributed by atoms with E-state index in [-0.39, 0.29) is 11.1 Å². The van der Waals surface area contributed by atoms with Crippen LogP contribution in [-0.2, 0) is 0 Å². The highest BCUT2D eigenvalue weighted by Crippen LogP contribution is 2.18. The molecule has 3 aromatic heterocycles. The van der Waals surface area contributed by atoms with Crippen LogP contribution in [0.15, 0.2) is 52.1 Å². The molecule has 3 heterocycles. The average Bonchev–Trinajstić information content (AvgIpc) is 3.31. The van der Waals surface area contributed by atoms with Crippen LogP contribution in [-0.4, -0.2) is 19.2 Å². The van der Waals surface area contributed by atoms with Crippen molar-refractivity contribution in [2.75, 3.05) is 0 Å². The van der Waals surface area contributed by atoms with Crippen LogP contribution in [0.5, 0.6) is 0 Å². The van der Waals surface area contributed by atoms with E-state index in [9.17, 15) is 14.9 Å². The number of hydrogen-bond acceptors (Lipinski definition) is 4. The van der Waals surface area contributed by atoms with E-state index in [1.54, 1.807) is 32.1 Å². The molecule has 0 spiro atoms. The smallest absolute Gasteiger partial charge is 0.278 e. The van der Waals surface area contributed by atoms with Crippen molar-refractivity contribution in [3.05, 3.63) is 102 Å². The first kappa shape index (κ1) is 20.5. The summed E-state index contributed by atoms with van der Waals surface area (Å²) >= 11 is 0. The lowest BCUT2D eigenvalue weighted by Crippen LogP contribution is -2.34. The van der Waals surface area contributed by atoms with Gasteiger partial charge in [-0.2, -0.15) is 5.26 Å². The standard InChI is InChI=1S/C26H21N5O2/c1-14-9-10-18(11-15(14)2)31-26(33)20(17(4)29-31)12-19-16(3)21(13-27)24-28-22-7-5-6-8-23(22)30(24)25(19)32/h5-12,29H,1-4H3. The molecule has 0 unspecified atom stereocenters. The van der Waals surface area contributed by atoms with Crippen LogP contribution in [0.4, 0.5) is 0 Å². The van der Waals surface area contributed by atoms with Crippen molar-refractivity contribution >= 4 is 22.8 Å². The number of nitrogens with one attached hydrogen (secondary N) is 1. The van der Waals surface area contributed by atoms with Crippen LogP contribution in [0.3, 0.4) is 0 Å². The molecule has 0 fully saturated rings. The van der Waals surface area contributed by atoms with E-state index in [1.807, 2.05) is 44.2 Å². The van der Waals surface area contributed by atoms with E-state index in [0.717, 1.165) is 16.8 Å². The summed E-state index contributed by atoms with van der Waals surface area (Å²) < 4.78 is 2.93. The fourth-order valence-electron chi connectivity index (χ4n) is 4.21. The molecule has 0 saturated carbocycles. The molecule has 5 rings (SSSR count). The molecule has 0 saturated heterocycles. The minimum Gasteiger partial charge on any atom is -0.295 e. The third-order valence-corrected chi connectivity index (χ3v) is 6.26. The number of H-pyrrole nitrogens is 1. The minimum atomic E-state index is -0.312. The van der Waals surface area contributed by atoms with Gasteiger partial charge >= 0.3 is 0 Å². The van der Waals surface area contributed by atoms with Gasteiger partial charge in [-0.3, -0.25) is 19.1 Å².